The summed E-state index contributed by atoms with van der Waals surface area (Å²) in [5.74, 6) is 2.18. The number of carbonyl (C=O) groups is 1. The lowest BCUT2D eigenvalue weighted by Gasteiger charge is -2.13. The topological polar surface area (TPSA) is 52.6 Å². The monoisotopic (exact) mass is 170 g/mol. The quantitative estimate of drug-likeness (QED) is 0.502. The molecule has 12 heavy (non-hydrogen) atoms. The maximum Gasteiger partial charge on any atom is 0.234 e. The molecule has 1 amide bonds. The first-order valence-corrected chi connectivity index (χ1v) is 3.70. The molecule has 0 aromatic rings. The molecular formula is C8H14N2O2. The first-order chi connectivity index (χ1) is 5.70. The van der Waals surface area contributed by atoms with E-state index < -0.39 is 0 Å². The van der Waals surface area contributed by atoms with Crippen molar-refractivity contribution >= 4 is 5.91 Å². The van der Waals surface area contributed by atoms with Crippen molar-refractivity contribution in [3.8, 4) is 12.3 Å². The van der Waals surface area contributed by atoms with E-state index in [4.69, 9.17) is 11.5 Å². The smallest absolute Gasteiger partial charge is 0.234 e. The van der Waals surface area contributed by atoms with E-state index >= 15 is 0 Å². The Kier molecular flexibility index (Phi) is 6.07. The van der Waals surface area contributed by atoms with Gasteiger partial charge in [0.1, 0.15) is 0 Å². The number of nitrogens with one attached hydrogen (secondary N) is 1. The van der Waals surface area contributed by atoms with Gasteiger partial charge in [0.15, 0.2) is 0 Å². The Morgan fingerprint density at radius 1 is 1.75 bits per heavy atom. The lowest BCUT2D eigenvalue weighted by Crippen LogP contribution is -2.36. The SMILES string of the molecule is C#CCNC(=O)CN(C)CCO. The van der Waals surface area contributed by atoms with Gasteiger partial charge in [0.25, 0.3) is 0 Å². The fourth-order valence-corrected chi connectivity index (χ4v) is 0.700. The van der Waals surface area contributed by atoms with E-state index in [1.807, 2.05) is 0 Å². The van der Waals surface area contributed by atoms with Gasteiger partial charge in [-0.3, -0.25) is 9.69 Å². The Morgan fingerprint density at radius 3 is 2.92 bits per heavy atom. The summed E-state index contributed by atoms with van der Waals surface area (Å²) in [4.78, 5) is 12.7. The average Bonchev–Trinajstić information content (AvgIpc) is 2.01. The molecule has 0 spiro atoms. The van der Waals surface area contributed by atoms with Gasteiger partial charge in [0.2, 0.25) is 5.91 Å². The number of likely N-dealkylation sites (N-methyl/N-ethyl adjacent to an activating group) is 1. The number of aliphatic hydroxyl groups excluding tert-OH is 1. The number of rotatable bonds is 5. The maximum absolute atomic E-state index is 11.0. The summed E-state index contributed by atoms with van der Waals surface area (Å²) in [6.45, 7) is 1.07. The second-order valence-corrected chi connectivity index (χ2v) is 2.44. The Hall–Kier alpha value is -1.05. The van der Waals surface area contributed by atoms with Crippen LogP contribution < -0.4 is 5.32 Å². The van der Waals surface area contributed by atoms with E-state index in [1.165, 1.54) is 0 Å². The zero-order valence-corrected chi connectivity index (χ0v) is 7.21. The van der Waals surface area contributed by atoms with Crippen molar-refractivity contribution in [3.63, 3.8) is 0 Å². The molecule has 0 rings (SSSR count). The van der Waals surface area contributed by atoms with Gasteiger partial charge in [-0.05, 0) is 7.05 Å². The normalized spacial score (nSPS) is 9.50. The van der Waals surface area contributed by atoms with Crippen LogP contribution in [0.3, 0.4) is 0 Å². The zero-order chi connectivity index (χ0) is 9.40. The molecule has 4 heteroatoms. The lowest BCUT2D eigenvalue weighted by molar-refractivity contribution is -0.121. The molecule has 0 aliphatic carbocycles. The molecular weight excluding hydrogens is 156 g/mol. The summed E-state index contributed by atoms with van der Waals surface area (Å²) in [5, 5.41) is 11.0. The van der Waals surface area contributed by atoms with Crippen LogP contribution in [-0.4, -0.2) is 49.2 Å². The fraction of sp³-hybridized carbons (Fsp3) is 0.625. The van der Waals surface area contributed by atoms with Crippen molar-refractivity contribution in [2.75, 3.05) is 33.3 Å². The van der Waals surface area contributed by atoms with Crippen molar-refractivity contribution in [2.24, 2.45) is 0 Å². The van der Waals surface area contributed by atoms with Crippen LogP contribution in [0.25, 0.3) is 0 Å². The van der Waals surface area contributed by atoms with Crippen molar-refractivity contribution in [2.45, 2.75) is 0 Å². The molecule has 0 heterocycles. The molecule has 0 fully saturated rings. The van der Waals surface area contributed by atoms with Gasteiger partial charge in [-0.15, -0.1) is 6.42 Å². The number of carbonyl (C=O) groups excluding carboxylic acids is 1. The van der Waals surface area contributed by atoms with Gasteiger partial charge in [0.05, 0.1) is 19.7 Å². The molecule has 0 aromatic heterocycles. The molecule has 0 saturated heterocycles. The molecule has 0 aliphatic heterocycles. The standard InChI is InChI=1S/C8H14N2O2/c1-3-4-9-8(12)7-10(2)5-6-11/h1,11H,4-7H2,2H3,(H,9,12). The summed E-state index contributed by atoms with van der Waals surface area (Å²) in [6, 6.07) is 0. The van der Waals surface area contributed by atoms with Crippen LogP contribution in [0.15, 0.2) is 0 Å². The number of nitrogens with zero attached hydrogens (tertiary/aromatic N) is 1. The molecule has 4 nitrogen and oxygen atoms in total. The molecule has 0 saturated carbocycles. The molecule has 0 atom stereocenters. The molecule has 0 aromatic carbocycles. The van der Waals surface area contributed by atoms with Gasteiger partial charge < -0.3 is 10.4 Å². The minimum absolute atomic E-state index is 0.0545. The van der Waals surface area contributed by atoms with Crippen LogP contribution in [0.5, 0.6) is 0 Å². The molecule has 0 radical (unpaired) electrons. The van der Waals surface area contributed by atoms with Crippen molar-refractivity contribution in [3.05, 3.63) is 0 Å². The van der Waals surface area contributed by atoms with E-state index in [-0.39, 0.29) is 25.6 Å². The molecule has 68 valence electrons. The first kappa shape index (κ1) is 11.0. The Morgan fingerprint density at radius 2 is 2.42 bits per heavy atom. The van der Waals surface area contributed by atoms with Crippen LogP contribution in [0.2, 0.25) is 0 Å². The minimum atomic E-state index is -0.121. The Balaban J connectivity index is 3.48. The summed E-state index contributed by atoms with van der Waals surface area (Å²) >= 11 is 0. The molecule has 0 unspecified atom stereocenters. The van der Waals surface area contributed by atoms with Gasteiger partial charge in [-0.25, -0.2) is 0 Å². The second kappa shape index (κ2) is 6.65. The van der Waals surface area contributed by atoms with E-state index in [9.17, 15) is 4.79 Å². The van der Waals surface area contributed by atoms with Crippen LogP contribution in [0.1, 0.15) is 0 Å². The largest absolute Gasteiger partial charge is 0.395 e. The number of hydrogen-bond donors (Lipinski definition) is 2. The molecule has 0 bridgehead atoms. The van der Waals surface area contributed by atoms with E-state index in [0.717, 1.165) is 0 Å². The van der Waals surface area contributed by atoms with Gasteiger partial charge in [-0.1, -0.05) is 5.92 Å². The van der Waals surface area contributed by atoms with E-state index in [1.54, 1.807) is 11.9 Å². The Bertz CT molecular complexity index is 174. The number of amides is 1. The average molecular weight is 170 g/mol. The summed E-state index contributed by atoms with van der Waals surface area (Å²) in [7, 11) is 1.76. The highest BCUT2D eigenvalue weighted by Gasteiger charge is 2.03. The van der Waals surface area contributed by atoms with Gasteiger partial charge >= 0.3 is 0 Å². The van der Waals surface area contributed by atoms with Gasteiger partial charge in [0, 0.05) is 6.54 Å². The predicted octanol–water partition coefficient (Wildman–Crippen LogP) is -1.34. The highest BCUT2D eigenvalue weighted by atomic mass is 16.3. The minimum Gasteiger partial charge on any atom is -0.395 e. The third kappa shape index (κ3) is 5.71. The van der Waals surface area contributed by atoms with Crippen molar-refractivity contribution in [1.82, 2.24) is 10.2 Å². The van der Waals surface area contributed by atoms with Gasteiger partial charge in [-0.2, -0.15) is 0 Å². The lowest BCUT2D eigenvalue weighted by atomic mass is 10.5. The summed E-state index contributed by atoms with van der Waals surface area (Å²) in [5.41, 5.74) is 0. The van der Waals surface area contributed by atoms with Crippen LogP contribution in [0.4, 0.5) is 0 Å². The fourth-order valence-electron chi connectivity index (χ4n) is 0.700. The number of hydrogen-bond acceptors (Lipinski definition) is 3. The van der Waals surface area contributed by atoms with Crippen LogP contribution >= 0.6 is 0 Å². The number of aliphatic hydroxyl groups is 1. The van der Waals surface area contributed by atoms with Crippen molar-refractivity contribution < 1.29 is 9.90 Å². The predicted molar refractivity (Wildman–Crippen MR) is 46.4 cm³/mol. The Labute approximate surface area is 72.6 Å². The van der Waals surface area contributed by atoms with Crippen LogP contribution in [0, 0.1) is 12.3 Å². The summed E-state index contributed by atoms with van der Waals surface area (Å²) in [6.07, 6.45) is 4.95. The highest BCUT2D eigenvalue weighted by Crippen LogP contribution is 1.79. The maximum atomic E-state index is 11.0. The highest BCUT2D eigenvalue weighted by molar-refractivity contribution is 5.78. The summed E-state index contributed by atoms with van der Waals surface area (Å²) < 4.78 is 0. The third-order valence-electron chi connectivity index (χ3n) is 1.28. The van der Waals surface area contributed by atoms with Crippen molar-refractivity contribution in [1.29, 1.82) is 0 Å². The number of terminal acetylenes is 1. The van der Waals surface area contributed by atoms with E-state index in [0.29, 0.717) is 6.54 Å². The second-order valence-electron chi connectivity index (χ2n) is 2.44. The van der Waals surface area contributed by atoms with E-state index in [2.05, 4.69) is 11.2 Å². The zero-order valence-electron chi connectivity index (χ0n) is 7.21. The molecule has 0 aliphatic rings. The molecule has 2 N–H and O–H groups in total. The third-order valence-corrected chi connectivity index (χ3v) is 1.28. The first-order valence-electron chi connectivity index (χ1n) is 3.70. The van der Waals surface area contributed by atoms with Crippen LogP contribution in [-0.2, 0) is 4.79 Å².